The van der Waals surface area contributed by atoms with Gasteiger partial charge in [0.2, 0.25) is 0 Å². The highest BCUT2D eigenvalue weighted by atomic mass is 32.2. The summed E-state index contributed by atoms with van der Waals surface area (Å²) in [5.74, 6) is -1.70. The number of nitrogens with two attached hydrogens (primary N) is 1. The molecule has 0 spiro atoms. The Balaban J connectivity index is 2.06. The molecule has 5 N–H and O–H groups in total. The van der Waals surface area contributed by atoms with E-state index in [9.17, 15) is 32.2 Å². The van der Waals surface area contributed by atoms with Crippen LogP contribution < -0.4 is 14.8 Å². The fourth-order valence-corrected chi connectivity index (χ4v) is 5.74. The molecule has 2 atom stereocenters. The van der Waals surface area contributed by atoms with Gasteiger partial charge in [-0.3, -0.25) is 8.51 Å². The minimum absolute atomic E-state index is 0.0185. The largest absolute Gasteiger partial charge is 0.755 e. The number of carboxylic acids is 1. The van der Waals surface area contributed by atoms with Gasteiger partial charge in [0.05, 0.1) is 10.6 Å². The second-order valence-corrected chi connectivity index (χ2v) is 12.3. The molecular formula is C28H32N3O9S2-. The SMILES string of the molecule is CCCCC(Oc1cc(-c2ccccc2S(C)(=O)=O)ccc1CCN(c1cc(C(N)=NO)ccc1O)S(=O)[O-])C(=O)O. The van der Waals surface area contributed by atoms with Gasteiger partial charge in [-0.1, -0.05) is 48.8 Å². The van der Waals surface area contributed by atoms with E-state index in [0.717, 1.165) is 17.0 Å². The normalized spacial score (nSPS) is 13.4. The van der Waals surface area contributed by atoms with E-state index in [-0.39, 0.29) is 52.9 Å². The number of rotatable bonds is 14. The topological polar surface area (TPSA) is 203 Å². The predicted octanol–water partition coefficient (Wildman–Crippen LogP) is 3.42. The van der Waals surface area contributed by atoms with Crippen molar-refractivity contribution in [1.29, 1.82) is 0 Å². The van der Waals surface area contributed by atoms with Crippen LogP contribution in [0.1, 0.15) is 37.3 Å². The Morgan fingerprint density at radius 3 is 2.50 bits per heavy atom. The highest BCUT2D eigenvalue weighted by molar-refractivity contribution is 7.90. The van der Waals surface area contributed by atoms with Crippen LogP contribution >= 0.6 is 0 Å². The lowest BCUT2D eigenvalue weighted by atomic mass is 10.0. The van der Waals surface area contributed by atoms with E-state index in [1.807, 2.05) is 6.92 Å². The van der Waals surface area contributed by atoms with Gasteiger partial charge in [0.15, 0.2) is 21.8 Å². The van der Waals surface area contributed by atoms with E-state index in [0.29, 0.717) is 23.1 Å². The molecule has 0 radical (unpaired) electrons. The molecule has 0 amide bonds. The van der Waals surface area contributed by atoms with Crippen molar-refractivity contribution in [2.45, 2.75) is 43.6 Å². The van der Waals surface area contributed by atoms with Crippen molar-refractivity contribution in [3.63, 3.8) is 0 Å². The van der Waals surface area contributed by atoms with E-state index >= 15 is 0 Å². The fourth-order valence-electron chi connectivity index (χ4n) is 4.28. The number of oxime groups is 1. The maximum Gasteiger partial charge on any atom is 0.344 e. The Morgan fingerprint density at radius 2 is 1.88 bits per heavy atom. The molecule has 42 heavy (non-hydrogen) atoms. The summed E-state index contributed by atoms with van der Waals surface area (Å²) in [6, 6.07) is 15.0. The fraction of sp³-hybridized carbons (Fsp3) is 0.286. The van der Waals surface area contributed by atoms with Gasteiger partial charge in [-0.15, -0.1) is 0 Å². The summed E-state index contributed by atoms with van der Waals surface area (Å²) in [5, 5.41) is 32.1. The summed E-state index contributed by atoms with van der Waals surface area (Å²) in [4.78, 5) is 12.1. The number of unbranched alkanes of at least 4 members (excludes halogenated alkanes) is 1. The van der Waals surface area contributed by atoms with Gasteiger partial charge in [-0.25, -0.2) is 13.2 Å². The number of hydrogen-bond donors (Lipinski definition) is 4. The maximum absolute atomic E-state index is 12.4. The van der Waals surface area contributed by atoms with Gasteiger partial charge >= 0.3 is 5.97 Å². The molecule has 0 aliphatic rings. The van der Waals surface area contributed by atoms with Gasteiger partial charge in [-0.05, 0) is 60.7 Å². The average molecular weight is 619 g/mol. The van der Waals surface area contributed by atoms with Crippen LogP contribution in [0.4, 0.5) is 5.69 Å². The first-order valence-electron chi connectivity index (χ1n) is 12.9. The predicted molar refractivity (Wildman–Crippen MR) is 157 cm³/mol. The molecule has 2 unspecified atom stereocenters. The number of amidine groups is 1. The standard InChI is InChI=1S/C28H33N3O9S2/c1-3-4-8-24(28(33)34)40-25-17-19(21-7-5-6-9-26(21)42(2,38)39)11-10-18(25)14-15-31(41(36)37)22-16-20(27(29)30-35)12-13-23(22)32/h5-7,9-13,16-17,24,32,35H,3-4,8,14-15H2,1-2H3,(H2,29,30)(H,33,34)(H,36,37)/p-1. The second-order valence-electron chi connectivity index (χ2n) is 9.44. The van der Waals surface area contributed by atoms with Crippen molar-refractivity contribution in [2.75, 3.05) is 17.1 Å². The number of sulfone groups is 1. The van der Waals surface area contributed by atoms with Crippen molar-refractivity contribution in [3.8, 4) is 22.6 Å². The smallest absolute Gasteiger partial charge is 0.344 e. The summed E-state index contributed by atoms with van der Waals surface area (Å²) in [5.41, 5.74) is 6.96. The lowest BCUT2D eigenvalue weighted by Crippen LogP contribution is -2.29. The van der Waals surface area contributed by atoms with Gasteiger partial charge in [0.25, 0.3) is 0 Å². The van der Waals surface area contributed by atoms with Crippen LogP contribution in [0, 0.1) is 0 Å². The Kier molecular flexibility index (Phi) is 10.9. The zero-order valence-electron chi connectivity index (χ0n) is 23.0. The molecule has 0 aromatic heterocycles. The van der Waals surface area contributed by atoms with Crippen molar-refractivity contribution in [2.24, 2.45) is 10.9 Å². The number of anilines is 1. The first kappa shape index (κ1) is 32.4. The van der Waals surface area contributed by atoms with Crippen LogP contribution in [0.3, 0.4) is 0 Å². The molecule has 0 fully saturated rings. The zero-order chi connectivity index (χ0) is 31.0. The molecule has 14 heteroatoms. The molecule has 3 rings (SSSR count). The Hall–Kier alpha value is -4.14. The second kappa shape index (κ2) is 14.2. The number of benzene rings is 3. The monoisotopic (exact) mass is 618 g/mol. The molecule has 0 saturated heterocycles. The van der Waals surface area contributed by atoms with Gasteiger partial charge < -0.3 is 30.4 Å². The van der Waals surface area contributed by atoms with Crippen LogP contribution in [0.2, 0.25) is 0 Å². The number of hydrogen-bond acceptors (Lipinski definition) is 9. The lowest BCUT2D eigenvalue weighted by Gasteiger charge is -2.28. The summed E-state index contributed by atoms with van der Waals surface area (Å²) < 4.78 is 56.1. The first-order chi connectivity index (χ1) is 19.9. The summed E-state index contributed by atoms with van der Waals surface area (Å²) in [6.07, 6.45) is 1.45. The molecule has 0 aliphatic carbocycles. The molecule has 12 nitrogen and oxygen atoms in total. The van der Waals surface area contributed by atoms with Crippen molar-refractivity contribution >= 4 is 38.6 Å². The van der Waals surface area contributed by atoms with E-state index in [2.05, 4.69) is 5.16 Å². The number of nitrogens with zero attached hydrogens (tertiary/aromatic N) is 2. The number of phenolic OH excluding ortho intramolecular Hbond substituents is 1. The average Bonchev–Trinajstić information content (AvgIpc) is 2.95. The third kappa shape index (κ3) is 7.99. The maximum atomic E-state index is 12.4. The quantitative estimate of drug-likeness (QED) is 0.0681. The molecule has 0 aliphatic heterocycles. The van der Waals surface area contributed by atoms with Crippen LogP contribution in [0.15, 0.2) is 70.7 Å². The summed E-state index contributed by atoms with van der Waals surface area (Å²) >= 11 is -2.86. The van der Waals surface area contributed by atoms with E-state index < -0.39 is 33.2 Å². The van der Waals surface area contributed by atoms with E-state index in [1.54, 1.807) is 30.3 Å². The lowest BCUT2D eigenvalue weighted by molar-refractivity contribution is -0.145. The van der Waals surface area contributed by atoms with Crippen LogP contribution in [-0.4, -0.2) is 63.3 Å². The minimum Gasteiger partial charge on any atom is -0.755 e. The summed E-state index contributed by atoms with van der Waals surface area (Å²) in [6.45, 7) is 1.71. The zero-order valence-corrected chi connectivity index (χ0v) is 24.6. The van der Waals surface area contributed by atoms with Gasteiger partial charge in [0, 0.05) is 35.2 Å². The molecule has 0 bridgehead atoms. The highest BCUT2D eigenvalue weighted by Crippen LogP contribution is 2.34. The molecule has 226 valence electrons. The van der Waals surface area contributed by atoms with Gasteiger partial charge in [-0.2, -0.15) is 0 Å². The number of phenols is 1. The van der Waals surface area contributed by atoms with Crippen LogP contribution in [-0.2, 0) is 32.3 Å². The number of carboxylic acid groups (broad SMARTS) is 1. The number of aliphatic carboxylic acids is 1. The molecular weight excluding hydrogens is 586 g/mol. The van der Waals surface area contributed by atoms with Crippen molar-refractivity contribution in [3.05, 3.63) is 71.8 Å². The minimum atomic E-state index is -3.60. The molecule has 0 saturated carbocycles. The third-order valence-corrected chi connectivity index (χ3v) is 8.34. The molecule has 3 aromatic carbocycles. The Labute approximate surface area is 246 Å². The number of carbonyl (C=O) groups is 1. The molecule has 0 heterocycles. The number of ether oxygens (including phenoxy) is 1. The third-order valence-electron chi connectivity index (χ3n) is 6.44. The van der Waals surface area contributed by atoms with Crippen LogP contribution in [0.5, 0.6) is 11.5 Å². The van der Waals surface area contributed by atoms with Crippen molar-refractivity contribution < 1.29 is 42.1 Å². The van der Waals surface area contributed by atoms with Crippen LogP contribution in [0.25, 0.3) is 11.1 Å². The molecule has 3 aromatic rings. The summed E-state index contributed by atoms with van der Waals surface area (Å²) in [7, 11) is -3.60. The first-order valence-corrected chi connectivity index (χ1v) is 15.8. The number of aromatic hydroxyl groups is 1. The Morgan fingerprint density at radius 1 is 1.17 bits per heavy atom. The van der Waals surface area contributed by atoms with Crippen molar-refractivity contribution in [1.82, 2.24) is 0 Å². The van der Waals surface area contributed by atoms with E-state index in [4.69, 9.17) is 15.7 Å². The van der Waals surface area contributed by atoms with E-state index in [1.165, 1.54) is 30.3 Å². The Bertz CT molecular complexity index is 1590. The van der Waals surface area contributed by atoms with Gasteiger partial charge in [0.1, 0.15) is 11.5 Å². The highest BCUT2D eigenvalue weighted by Gasteiger charge is 2.23.